The van der Waals surface area contributed by atoms with Gasteiger partial charge in [0.15, 0.2) is 0 Å². The molecular formula is C16H20N2O2. The summed E-state index contributed by atoms with van der Waals surface area (Å²) in [5.41, 5.74) is 7.77. The number of aliphatic hydroxyl groups excluding tert-OH is 1. The molecule has 0 aliphatic rings. The molecule has 0 saturated carbocycles. The second kappa shape index (κ2) is 7.03. The Labute approximate surface area is 119 Å². The quantitative estimate of drug-likeness (QED) is 0.848. The van der Waals surface area contributed by atoms with Crippen LogP contribution >= 0.6 is 0 Å². The third-order valence-corrected chi connectivity index (χ3v) is 3.16. The highest BCUT2D eigenvalue weighted by Crippen LogP contribution is 2.25. The van der Waals surface area contributed by atoms with Crippen molar-refractivity contribution in [2.75, 3.05) is 6.61 Å². The fourth-order valence-electron chi connectivity index (χ4n) is 1.94. The summed E-state index contributed by atoms with van der Waals surface area (Å²) < 4.78 is 5.82. The van der Waals surface area contributed by atoms with Crippen LogP contribution in [0.2, 0.25) is 0 Å². The Balaban J connectivity index is 2.14. The number of hydrogen-bond acceptors (Lipinski definition) is 4. The molecule has 0 radical (unpaired) electrons. The van der Waals surface area contributed by atoms with Gasteiger partial charge in [-0.05, 0) is 36.6 Å². The first kappa shape index (κ1) is 14.5. The Kier molecular flexibility index (Phi) is 5.09. The number of benzene rings is 1. The molecule has 1 aromatic heterocycles. The number of pyridine rings is 1. The maximum Gasteiger partial charge on any atom is 0.145 e. The molecule has 1 atom stereocenters. The molecule has 0 bridgehead atoms. The molecule has 0 amide bonds. The van der Waals surface area contributed by atoms with Gasteiger partial charge in [0.25, 0.3) is 0 Å². The van der Waals surface area contributed by atoms with Gasteiger partial charge in [-0.3, -0.25) is 4.98 Å². The Bertz CT molecular complexity index is 540. The minimum absolute atomic E-state index is 0.0364. The molecule has 4 nitrogen and oxygen atoms in total. The molecule has 0 aliphatic heterocycles. The summed E-state index contributed by atoms with van der Waals surface area (Å²) in [6, 6.07) is 11.4. The van der Waals surface area contributed by atoms with Crippen LogP contribution in [0.1, 0.15) is 30.6 Å². The fourth-order valence-corrected chi connectivity index (χ4v) is 1.94. The molecule has 0 aliphatic carbocycles. The molecule has 106 valence electrons. The summed E-state index contributed by atoms with van der Waals surface area (Å²) in [6.07, 6.45) is 3.11. The van der Waals surface area contributed by atoms with Crippen LogP contribution in [0.15, 0.2) is 42.6 Å². The van der Waals surface area contributed by atoms with Gasteiger partial charge in [-0.1, -0.05) is 25.1 Å². The number of nitrogens with two attached hydrogens (primary N) is 1. The molecule has 1 heterocycles. The zero-order valence-electron chi connectivity index (χ0n) is 11.6. The highest BCUT2D eigenvalue weighted by molar-refractivity contribution is 5.37. The predicted molar refractivity (Wildman–Crippen MR) is 78.8 cm³/mol. The number of hydrogen-bond donors (Lipinski definition) is 2. The minimum Gasteiger partial charge on any atom is -0.455 e. The van der Waals surface area contributed by atoms with E-state index in [2.05, 4.69) is 4.98 Å². The normalized spacial score (nSPS) is 12.2. The Morgan fingerprint density at radius 2 is 2.05 bits per heavy atom. The SMILES string of the molecule is CCC(N)c1ccc(Oc2ccccc2CCO)cn1. The van der Waals surface area contributed by atoms with Gasteiger partial charge in [0.1, 0.15) is 11.5 Å². The summed E-state index contributed by atoms with van der Waals surface area (Å²) in [5, 5.41) is 9.05. The van der Waals surface area contributed by atoms with E-state index in [4.69, 9.17) is 15.6 Å². The molecule has 0 fully saturated rings. The van der Waals surface area contributed by atoms with E-state index in [1.165, 1.54) is 0 Å². The van der Waals surface area contributed by atoms with E-state index in [1.807, 2.05) is 43.3 Å². The molecule has 2 rings (SSSR count). The van der Waals surface area contributed by atoms with E-state index < -0.39 is 0 Å². The van der Waals surface area contributed by atoms with Crippen molar-refractivity contribution >= 4 is 0 Å². The summed E-state index contributed by atoms with van der Waals surface area (Å²) in [6.45, 7) is 2.13. The van der Waals surface area contributed by atoms with Crippen LogP contribution in [0, 0.1) is 0 Å². The molecule has 4 heteroatoms. The van der Waals surface area contributed by atoms with Crippen LogP contribution < -0.4 is 10.5 Å². The van der Waals surface area contributed by atoms with Crippen LogP contribution in [0.5, 0.6) is 11.5 Å². The van der Waals surface area contributed by atoms with Crippen molar-refractivity contribution in [3.63, 3.8) is 0 Å². The number of para-hydroxylation sites is 1. The molecule has 0 spiro atoms. The molecule has 1 aromatic carbocycles. The highest BCUT2D eigenvalue weighted by Gasteiger charge is 2.07. The first-order chi connectivity index (χ1) is 9.74. The van der Waals surface area contributed by atoms with Gasteiger partial charge in [-0.25, -0.2) is 0 Å². The number of aliphatic hydroxyl groups is 1. The molecular weight excluding hydrogens is 252 g/mol. The number of nitrogens with zero attached hydrogens (tertiary/aromatic N) is 1. The van der Waals surface area contributed by atoms with Crippen LogP contribution in [-0.4, -0.2) is 16.7 Å². The van der Waals surface area contributed by atoms with Crippen molar-refractivity contribution in [1.29, 1.82) is 0 Å². The third-order valence-electron chi connectivity index (χ3n) is 3.16. The second-order valence-corrected chi connectivity index (χ2v) is 4.62. The van der Waals surface area contributed by atoms with E-state index in [9.17, 15) is 0 Å². The fraction of sp³-hybridized carbons (Fsp3) is 0.312. The zero-order chi connectivity index (χ0) is 14.4. The monoisotopic (exact) mass is 272 g/mol. The summed E-state index contributed by atoms with van der Waals surface area (Å²) in [7, 11) is 0. The zero-order valence-corrected chi connectivity index (χ0v) is 11.6. The maximum atomic E-state index is 9.05. The number of ether oxygens (including phenoxy) is 1. The smallest absolute Gasteiger partial charge is 0.145 e. The van der Waals surface area contributed by atoms with Crippen molar-refractivity contribution in [2.45, 2.75) is 25.8 Å². The van der Waals surface area contributed by atoms with E-state index in [-0.39, 0.29) is 12.6 Å². The molecule has 0 saturated heterocycles. The minimum atomic E-state index is -0.0364. The van der Waals surface area contributed by atoms with Gasteiger partial charge in [0.05, 0.1) is 11.9 Å². The van der Waals surface area contributed by atoms with E-state index in [1.54, 1.807) is 6.20 Å². The summed E-state index contributed by atoms with van der Waals surface area (Å²) >= 11 is 0. The average Bonchev–Trinajstić information content (AvgIpc) is 2.49. The lowest BCUT2D eigenvalue weighted by Crippen LogP contribution is -2.10. The van der Waals surface area contributed by atoms with Crippen LogP contribution in [0.25, 0.3) is 0 Å². The molecule has 2 aromatic rings. The van der Waals surface area contributed by atoms with Gasteiger partial charge < -0.3 is 15.6 Å². The molecule has 20 heavy (non-hydrogen) atoms. The molecule has 3 N–H and O–H groups in total. The van der Waals surface area contributed by atoms with Crippen LogP contribution in [0.4, 0.5) is 0 Å². The van der Waals surface area contributed by atoms with Crippen LogP contribution in [0.3, 0.4) is 0 Å². The number of rotatable bonds is 6. The van der Waals surface area contributed by atoms with Gasteiger partial charge in [0, 0.05) is 12.6 Å². The lowest BCUT2D eigenvalue weighted by atomic mass is 10.1. The van der Waals surface area contributed by atoms with Gasteiger partial charge in [-0.15, -0.1) is 0 Å². The second-order valence-electron chi connectivity index (χ2n) is 4.62. The van der Waals surface area contributed by atoms with Crippen molar-refractivity contribution in [2.24, 2.45) is 5.73 Å². The van der Waals surface area contributed by atoms with Crippen molar-refractivity contribution < 1.29 is 9.84 Å². The summed E-state index contributed by atoms with van der Waals surface area (Å²) in [4.78, 5) is 4.32. The van der Waals surface area contributed by atoms with Crippen molar-refractivity contribution in [1.82, 2.24) is 4.98 Å². The Morgan fingerprint density at radius 3 is 2.70 bits per heavy atom. The Hall–Kier alpha value is -1.91. The van der Waals surface area contributed by atoms with Crippen LogP contribution in [-0.2, 0) is 6.42 Å². The first-order valence-electron chi connectivity index (χ1n) is 6.82. The predicted octanol–water partition coefficient (Wildman–Crippen LogP) is 2.82. The van der Waals surface area contributed by atoms with Gasteiger partial charge in [-0.2, -0.15) is 0 Å². The lowest BCUT2D eigenvalue weighted by molar-refractivity contribution is 0.298. The summed E-state index contributed by atoms with van der Waals surface area (Å²) in [5.74, 6) is 1.42. The molecule has 1 unspecified atom stereocenters. The average molecular weight is 272 g/mol. The van der Waals surface area contributed by atoms with E-state index >= 15 is 0 Å². The van der Waals surface area contributed by atoms with Crippen molar-refractivity contribution in [3.8, 4) is 11.5 Å². The largest absolute Gasteiger partial charge is 0.455 e. The standard InChI is InChI=1S/C16H20N2O2/c1-2-14(17)15-8-7-13(11-18-15)20-16-6-4-3-5-12(16)9-10-19/h3-8,11,14,19H,2,9-10,17H2,1H3. The first-order valence-corrected chi connectivity index (χ1v) is 6.82. The van der Waals surface area contributed by atoms with Crippen molar-refractivity contribution in [3.05, 3.63) is 53.9 Å². The third kappa shape index (κ3) is 3.56. The maximum absolute atomic E-state index is 9.05. The Morgan fingerprint density at radius 1 is 1.25 bits per heavy atom. The van der Waals surface area contributed by atoms with Gasteiger partial charge >= 0.3 is 0 Å². The van der Waals surface area contributed by atoms with E-state index in [0.717, 1.165) is 23.4 Å². The number of aromatic nitrogens is 1. The van der Waals surface area contributed by atoms with Gasteiger partial charge in [0.2, 0.25) is 0 Å². The topological polar surface area (TPSA) is 68.4 Å². The lowest BCUT2D eigenvalue weighted by Gasteiger charge is -2.12. The van der Waals surface area contributed by atoms with E-state index in [0.29, 0.717) is 12.2 Å². The highest BCUT2D eigenvalue weighted by atomic mass is 16.5.